The number of aliphatic hydroxyl groups excluding tert-OH is 1. The van der Waals surface area contributed by atoms with Crippen LogP contribution in [0.2, 0.25) is 0 Å². The van der Waals surface area contributed by atoms with E-state index < -0.39 is 17.7 Å². The summed E-state index contributed by atoms with van der Waals surface area (Å²) in [7, 11) is 4.48. The second-order valence-electron chi connectivity index (χ2n) is 10.4. The average molecular weight is 670 g/mol. The Morgan fingerprint density at radius 1 is 0.872 bits per heavy atom. The third kappa shape index (κ3) is 6.09. The predicted octanol–water partition coefficient (Wildman–Crippen LogP) is 7.03. The quantitative estimate of drug-likeness (QED) is 0.0516. The number of amides is 1. The minimum atomic E-state index is -1.04. The molecular formula is C35H31N3O7S2. The van der Waals surface area contributed by atoms with Crippen LogP contribution in [0, 0.1) is 0 Å². The Kier molecular flexibility index (Phi) is 9.32. The maximum atomic E-state index is 13.8. The van der Waals surface area contributed by atoms with Crippen molar-refractivity contribution in [2.24, 2.45) is 0 Å². The second kappa shape index (κ2) is 13.7. The number of rotatable bonds is 11. The van der Waals surface area contributed by atoms with E-state index in [0.717, 1.165) is 16.3 Å². The monoisotopic (exact) mass is 669 g/mol. The lowest BCUT2D eigenvalue weighted by atomic mass is 9.95. The van der Waals surface area contributed by atoms with Crippen molar-refractivity contribution in [3.8, 4) is 23.0 Å². The second-order valence-corrected chi connectivity index (χ2v) is 12.5. The SMILES string of the molecule is CCOc1ccc(C2/C(=C(\O)c3ccc(OC)c(OC)c3)C(=O)C(=O)N2c2nnc(SCc3cccc4ccccc34)s2)cc1OC. The van der Waals surface area contributed by atoms with E-state index in [2.05, 4.69) is 34.5 Å². The van der Waals surface area contributed by atoms with Crippen molar-refractivity contribution < 1.29 is 33.6 Å². The van der Waals surface area contributed by atoms with Crippen LogP contribution in [0.5, 0.6) is 23.0 Å². The van der Waals surface area contributed by atoms with Gasteiger partial charge in [-0.2, -0.15) is 0 Å². The molecule has 1 amide bonds. The van der Waals surface area contributed by atoms with Crippen LogP contribution in [-0.4, -0.2) is 54.9 Å². The molecule has 2 heterocycles. The first-order chi connectivity index (χ1) is 22.9. The number of fused-ring (bicyclic) bond motifs is 1. The highest BCUT2D eigenvalue weighted by atomic mass is 32.2. The summed E-state index contributed by atoms with van der Waals surface area (Å²) in [5, 5.41) is 22.9. The van der Waals surface area contributed by atoms with E-state index in [9.17, 15) is 14.7 Å². The molecule has 1 aromatic heterocycles. The maximum absolute atomic E-state index is 13.8. The van der Waals surface area contributed by atoms with Crippen molar-refractivity contribution in [1.82, 2.24) is 10.2 Å². The van der Waals surface area contributed by atoms with Gasteiger partial charge in [0.15, 0.2) is 27.3 Å². The highest BCUT2D eigenvalue weighted by molar-refractivity contribution is 8.00. The maximum Gasteiger partial charge on any atom is 0.301 e. The number of carbonyl (C=O) groups excluding carboxylic acids is 2. The fourth-order valence-electron chi connectivity index (χ4n) is 5.53. The number of Topliss-reactive ketones (excluding diaryl/α,β-unsaturated/α-hetero) is 1. The van der Waals surface area contributed by atoms with Crippen molar-refractivity contribution in [1.29, 1.82) is 0 Å². The minimum absolute atomic E-state index is 0.117. The number of thioether (sulfide) groups is 1. The summed E-state index contributed by atoms with van der Waals surface area (Å²) in [6, 6.07) is 23.2. The molecule has 1 saturated heterocycles. The number of aliphatic hydroxyl groups is 1. The van der Waals surface area contributed by atoms with Gasteiger partial charge in [0.25, 0.3) is 5.78 Å². The van der Waals surface area contributed by atoms with E-state index in [1.165, 1.54) is 49.3 Å². The zero-order chi connectivity index (χ0) is 33.1. The van der Waals surface area contributed by atoms with Crippen LogP contribution < -0.4 is 23.8 Å². The van der Waals surface area contributed by atoms with Gasteiger partial charge in [0.05, 0.1) is 39.6 Å². The first kappa shape index (κ1) is 31.9. The van der Waals surface area contributed by atoms with Crippen LogP contribution in [0.25, 0.3) is 16.5 Å². The van der Waals surface area contributed by atoms with Gasteiger partial charge < -0.3 is 24.1 Å². The highest BCUT2D eigenvalue weighted by Crippen LogP contribution is 2.46. The molecule has 10 nitrogen and oxygen atoms in total. The Labute approximate surface area is 279 Å². The standard InChI is InChI=1S/C35H31N3O7S2/c1-5-45-26-16-13-21(17-28(26)44-4)30-29(31(39)22-14-15-25(42-2)27(18-22)43-3)32(40)33(41)38(30)34-36-37-35(47-34)46-19-23-11-8-10-20-9-6-7-12-24(20)23/h6-18,30,39H,5,19H2,1-4H3/b31-29+. The molecule has 6 rings (SSSR count). The third-order valence-corrected chi connectivity index (χ3v) is 9.84. The van der Waals surface area contributed by atoms with Crippen LogP contribution in [-0.2, 0) is 15.3 Å². The van der Waals surface area contributed by atoms with Gasteiger partial charge in [0, 0.05) is 11.3 Å². The van der Waals surface area contributed by atoms with Gasteiger partial charge in [-0.1, -0.05) is 71.6 Å². The zero-order valence-electron chi connectivity index (χ0n) is 26.1. The number of methoxy groups -OCH3 is 3. The fourth-order valence-corrected chi connectivity index (χ4v) is 7.40. The van der Waals surface area contributed by atoms with E-state index in [0.29, 0.717) is 45.3 Å². The molecule has 0 saturated carbocycles. The van der Waals surface area contributed by atoms with Crippen molar-refractivity contribution in [2.75, 3.05) is 32.8 Å². The number of aromatic nitrogens is 2. The summed E-state index contributed by atoms with van der Waals surface area (Å²) in [5.74, 6) is 0.250. The first-order valence-corrected chi connectivity index (χ1v) is 16.5. The van der Waals surface area contributed by atoms with E-state index in [1.54, 1.807) is 36.4 Å². The number of carbonyl (C=O) groups is 2. The molecule has 4 aromatic carbocycles. The third-order valence-electron chi connectivity index (χ3n) is 7.74. The molecule has 0 aliphatic carbocycles. The van der Waals surface area contributed by atoms with Crippen LogP contribution in [0.3, 0.4) is 0 Å². The summed E-state index contributed by atoms with van der Waals surface area (Å²) in [6.07, 6.45) is 0. The number of hydrogen-bond donors (Lipinski definition) is 1. The lowest BCUT2D eigenvalue weighted by molar-refractivity contribution is -0.132. The number of benzene rings is 4. The molecule has 0 spiro atoms. The highest BCUT2D eigenvalue weighted by Gasteiger charge is 2.48. The number of anilines is 1. The molecule has 47 heavy (non-hydrogen) atoms. The molecule has 1 aliphatic rings. The van der Waals surface area contributed by atoms with E-state index in [1.807, 2.05) is 25.1 Å². The van der Waals surface area contributed by atoms with E-state index in [-0.39, 0.29) is 22.0 Å². The molecule has 12 heteroatoms. The van der Waals surface area contributed by atoms with Crippen LogP contribution in [0.4, 0.5) is 5.13 Å². The first-order valence-electron chi connectivity index (χ1n) is 14.7. The minimum Gasteiger partial charge on any atom is -0.507 e. The van der Waals surface area contributed by atoms with Gasteiger partial charge in [0.1, 0.15) is 5.76 Å². The van der Waals surface area contributed by atoms with Gasteiger partial charge >= 0.3 is 5.91 Å². The van der Waals surface area contributed by atoms with Gasteiger partial charge in [-0.15, -0.1) is 10.2 Å². The van der Waals surface area contributed by atoms with Crippen molar-refractivity contribution in [2.45, 2.75) is 23.1 Å². The van der Waals surface area contributed by atoms with E-state index >= 15 is 0 Å². The fraction of sp³-hybridized carbons (Fsp3) is 0.200. The summed E-state index contributed by atoms with van der Waals surface area (Å²) < 4.78 is 22.7. The molecule has 1 fully saturated rings. The number of nitrogens with zero attached hydrogens (tertiary/aromatic N) is 3. The van der Waals surface area contributed by atoms with Crippen molar-refractivity contribution >= 4 is 56.5 Å². The Hall–Kier alpha value is -5.07. The molecule has 0 radical (unpaired) electrons. The molecule has 1 atom stereocenters. The Balaban J connectivity index is 1.42. The van der Waals surface area contributed by atoms with Crippen LogP contribution >= 0.6 is 23.1 Å². The van der Waals surface area contributed by atoms with Gasteiger partial charge in [-0.05, 0) is 59.2 Å². The lowest BCUT2D eigenvalue weighted by Gasteiger charge is -2.23. The topological polar surface area (TPSA) is 120 Å². The molecule has 0 bridgehead atoms. The molecule has 1 aliphatic heterocycles. The summed E-state index contributed by atoms with van der Waals surface area (Å²) in [5.41, 5.74) is 1.80. The molecule has 1 unspecified atom stereocenters. The average Bonchev–Trinajstić information content (AvgIpc) is 3.68. The Morgan fingerprint density at radius 2 is 1.60 bits per heavy atom. The van der Waals surface area contributed by atoms with Crippen LogP contribution in [0.15, 0.2) is 88.8 Å². The van der Waals surface area contributed by atoms with Crippen molar-refractivity contribution in [3.05, 3.63) is 101 Å². The normalized spacial score (nSPS) is 15.7. The molecule has 240 valence electrons. The molecule has 5 aromatic rings. The zero-order valence-corrected chi connectivity index (χ0v) is 27.7. The Bertz CT molecular complexity index is 2000. The van der Waals surface area contributed by atoms with Gasteiger partial charge in [-0.3, -0.25) is 14.5 Å². The summed E-state index contributed by atoms with van der Waals surface area (Å²) in [4.78, 5) is 28.8. The summed E-state index contributed by atoms with van der Waals surface area (Å²) >= 11 is 2.69. The number of hydrogen-bond acceptors (Lipinski definition) is 11. The molecule has 1 N–H and O–H groups in total. The largest absolute Gasteiger partial charge is 0.507 e. The summed E-state index contributed by atoms with van der Waals surface area (Å²) in [6.45, 7) is 2.27. The molecular weight excluding hydrogens is 639 g/mol. The van der Waals surface area contributed by atoms with Gasteiger partial charge in [0.2, 0.25) is 5.13 Å². The van der Waals surface area contributed by atoms with E-state index in [4.69, 9.17) is 18.9 Å². The Morgan fingerprint density at radius 3 is 2.36 bits per heavy atom. The predicted molar refractivity (Wildman–Crippen MR) is 182 cm³/mol. The lowest BCUT2D eigenvalue weighted by Crippen LogP contribution is -2.29. The number of ketones is 1. The van der Waals surface area contributed by atoms with Crippen LogP contribution in [0.1, 0.15) is 29.7 Å². The van der Waals surface area contributed by atoms with Crippen molar-refractivity contribution in [3.63, 3.8) is 0 Å². The smallest absolute Gasteiger partial charge is 0.301 e. The number of ether oxygens (including phenoxy) is 4. The van der Waals surface area contributed by atoms with Gasteiger partial charge in [-0.25, -0.2) is 0 Å².